The van der Waals surface area contributed by atoms with Crippen LogP contribution in [0.15, 0.2) is 0 Å². The van der Waals surface area contributed by atoms with E-state index in [4.69, 9.17) is 9.84 Å². The third kappa shape index (κ3) is 4.94. The van der Waals surface area contributed by atoms with Crippen molar-refractivity contribution in [1.82, 2.24) is 5.32 Å². The van der Waals surface area contributed by atoms with Gasteiger partial charge in [-0.05, 0) is 25.7 Å². The van der Waals surface area contributed by atoms with Crippen molar-refractivity contribution in [2.45, 2.75) is 57.6 Å². The molecule has 1 heterocycles. The standard InChI is InChI=1S/C12H23NO3/c1-2-3-7-11(12(14)15)13-9-10-6-4-5-8-16-10/h10-11,13H,2-9H2,1H3,(H,14,15). The Bertz CT molecular complexity index is 202. The van der Waals surface area contributed by atoms with Crippen molar-refractivity contribution in [3.05, 3.63) is 0 Å². The molecule has 2 N–H and O–H groups in total. The van der Waals surface area contributed by atoms with Crippen LogP contribution in [0.1, 0.15) is 45.4 Å². The van der Waals surface area contributed by atoms with E-state index in [1.54, 1.807) is 0 Å². The average Bonchev–Trinajstić information content (AvgIpc) is 2.30. The number of carbonyl (C=O) groups is 1. The van der Waals surface area contributed by atoms with Crippen LogP contribution >= 0.6 is 0 Å². The van der Waals surface area contributed by atoms with Crippen LogP contribution in [0.4, 0.5) is 0 Å². The first kappa shape index (κ1) is 13.5. The van der Waals surface area contributed by atoms with Crippen molar-refractivity contribution in [3.63, 3.8) is 0 Å². The normalized spacial score (nSPS) is 22.9. The molecule has 0 aromatic heterocycles. The molecule has 0 aliphatic carbocycles. The van der Waals surface area contributed by atoms with Crippen LogP contribution in [0.25, 0.3) is 0 Å². The third-order valence-electron chi connectivity index (χ3n) is 3.01. The van der Waals surface area contributed by atoms with Crippen LogP contribution < -0.4 is 5.32 Å². The van der Waals surface area contributed by atoms with E-state index in [9.17, 15) is 4.79 Å². The van der Waals surface area contributed by atoms with Gasteiger partial charge in [0.15, 0.2) is 0 Å². The molecule has 1 aliphatic heterocycles. The number of hydrogen-bond donors (Lipinski definition) is 2. The smallest absolute Gasteiger partial charge is 0.320 e. The molecule has 2 atom stereocenters. The first-order chi connectivity index (χ1) is 7.74. The van der Waals surface area contributed by atoms with Gasteiger partial charge in [-0.2, -0.15) is 0 Å². The molecule has 94 valence electrons. The molecule has 1 aliphatic rings. The van der Waals surface area contributed by atoms with E-state index in [2.05, 4.69) is 12.2 Å². The maximum atomic E-state index is 11.0. The van der Waals surface area contributed by atoms with Crippen molar-refractivity contribution in [1.29, 1.82) is 0 Å². The Balaban J connectivity index is 2.22. The van der Waals surface area contributed by atoms with Crippen LogP contribution in [0.5, 0.6) is 0 Å². The highest BCUT2D eigenvalue weighted by Crippen LogP contribution is 2.12. The molecule has 0 aromatic rings. The molecule has 0 aromatic carbocycles. The van der Waals surface area contributed by atoms with Gasteiger partial charge in [0.1, 0.15) is 6.04 Å². The number of rotatable bonds is 7. The summed E-state index contributed by atoms with van der Waals surface area (Å²) in [5, 5.41) is 12.1. The number of carboxylic acids is 1. The SMILES string of the molecule is CCCCC(NCC1CCCCO1)C(=O)O. The summed E-state index contributed by atoms with van der Waals surface area (Å²) < 4.78 is 5.56. The second kappa shape index (κ2) is 7.63. The summed E-state index contributed by atoms with van der Waals surface area (Å²) in [6.45, 7) is 3.56. The minimum atomic E-state index is -0.746. The molecule has 1 saturated heterocycles. The highest BCUT2D eigenvalue weighted by atomic mass is 16.5. The zero-order valence-corrected chi connectivity index (χ0v) is 10.1. The zero-order valence-electron chi connectivity index (χ0n) is 10.1. The highest BCUT2D eigenvalue weighted by Gasteiger charge is 2.19. The van der Waals surface area contributed by atoms with Gasteiger partial charge in [0.2, 0.25) is 0 Å². The predicted octanol–water partition coefficient (Wildman–Crippen LogP) is 1.79. The van der Waals surface area contributed by atoms with Crippen molar-refractivity contribution < 1.29 is 14.6 Å². The van der Waals surface area contributed by atoms with E-state index >= 15 is 0 Å². The molecular weight excluding hydrogens is 206 g/mol. The summed E-state index contributed by atoms with van der Waals surface area (Å²) in [5.41, 5.74) is 0. The number of ether oxygens (including phenoxy) is 1. The third-order valence-corrected chi connectivity index (χ3v) is 3.01. The molecular formula is C12H23NO3. The van der Waals surface area contributed by atoms with Crippen LogP contribution in [0, 0.1) is 0 Å². The maximum Gasteiger partial charge on any atom is 0.320 e. The van der Waals surface area contributed by atoms with Crippen LogP contribution in [-0.2, 0) is 9.53 Å². The number of nitrogens with one attached hydrogen (secondary N) is 1. The lowest BCUT2D eigenvalue weighted by Gasteiger charge is -2.24. The average molecular weight is 229 g/mol. The Hall–Kier alpha value is -0.610. The van der Waals surface area contributed by atoms with Gasteiger partial charge < -0.3 is 15.2 Å². The van der Waals surface area contributed by atoms with E-state index in [-0.39, 0.29) is 6.10 Å². The van der Waals surface area contributed by atoms with Gasteiger partial charge in [0.25, 0.3) is 0 Å². The van der Waals surface area contributed by atoms with E-state index in [1.807, 2.05) is 0 Å². The fourth-order valence-corrected chi connectivity index (χ4v) is 1.96. The lowest BCUT2D eigenvalue weighted by Crippen LogP contribution is -2.42. The molecule has 1 fully saturated rings. The Morgan fingerprint density at radius 2 is 2.38 bits per heavy atom. The van der Waals surface area contributed by atoms with Crippen LogP contribution in [-0.4, -0.2) is 36.4 Å². The molecule has 0 spiro atoms. The summed E-state index contributed by atoms with van der Waals surface area (Å²) >= 11 is 0. The monoisotopic (exact) mass is 229 g/mol. The first-order valence-electron chi connectivity index (χ1n) is 6.31. The highest BCUT2D eigenvalue weighted by molar-refractivity contribution is 5.73. The summed E-state index contributed by atoms with van der Waals surface area (Å²) in [7, 11) is 0. The molecule has 4 nitrogen and oxygen atoms in total. The molecule has 0 radical (unpaired) electrons. The Morgan fingerprint density at radius 1 is 1.56 bits per heavy atom. The molecule has 0 saturated carbocycles. The fourth-order valence-electron chi connectivity index (χ4n) is 1.96. The van der Waals surface area contributed by atoms with Gasteiger partial charge in [0.05, 0.1) is 6.10 Å². The molecule has 0 bridgehead atoms. The van der Waals surface area contributed by atoms with Crippen molar-refractivity contribution in [2.75, 3.05) is 13.2 Å². The largest absolute Gasteiger partial charge is 0.480 e. The number of carboxylic acid groups (broad SMARTS) is 1. The number of unbranched alkanes of at least 4 members (excludes halogenated alkanes) is 1. The second-order valence-corrected chi connectivity index (χ2v) is 4.43. The van der Waals surface area contributed by atoms with Gasteiger partial charge in [-0.3, -0.25) is 4.79 Å². The summed E-state index contributed by atoms with van der Waals surface area (Å²) in [6.07, 6.45) is 6.28. The molecule has 4 heteroatoms. The molecule has 2 unspecified atom stereocenters. The lowest BCUT2D eigenvalue weighted by molar-refractivity contribution is -0.139. The minimum Gasteiger partial charge on any atom is -0.480 e. The van der Waals surface area contributed by atoms with Gasteiger partial charge in [0, 0.05) is 13.2 Å². The van der Waals surface area contributed by atoms with E-state index < -0.39 is 12.0 Å². The lowest BCUT2D eigenvalue weighted by atomic mass is 10.1. The summed E-state index contributed by atoms with van der Waals surface area (Å²) in [4.78, 5) is 11.0. The second-order valence-electron chi connectivity index (χ2n) is 4.43. The van der Waals surface area contributed by atoms with Gasteiger partial charge in [-0.25, -0.2) is 0 Å². The fraction of sp³-hybridized carbons (Fsp3) is 0.917. The molecule has 16 heavy (non-hydrogen) atoms. The van der Waals surface area contributed by atoms with Crippen molar-refractivity contribution in [3.8, 4) is 0 Å². The van der Waals surface area contributed by atoms with E-state index in [1.165, 1.54) is 6.42 Å². The first-order valence-corrected chi connectivity index (χ1v) is 6.31. The predicted molar refractivity (Wildman–Crippen MR) is 62.5 cm³/mol. The van der Waals surface area contributed by atoms with Crippen LogP contribution in [0.2, 0.25) is 0 Å². The number of aliphatic carboxylic acids is 1. The molecule has 0 amide bonds. The Labute approximate surface area is 97.4 Å². The minimum absolute atomic E-state index is 0.206. The summed E-state index contributed by atoms with van der Waals surface area (Å²) in [5.74, 6) is -0.746. The zero-order chi connectivity index (χ0) is 11.8. The van der Waals surface area contributed by atoms with Crippen molar-refractivity contribution in [2.24, 2.45) is 0 Å². The van der Waals surface area contributed by atoms with Gasteiger partial charge >= 0.3 is 5.97 Å². The topological polar surface area (TPSA) is 58.6 Å². The van der Waals surface area contributed by atoms with Crippen LogP contribution in [0.3, 0.4) is 0 Å². The van der Waals surface area contributed by atoms with Crippen molar-refractivity contribution >= 4 is 5.97 Å². The Morgan fingerprint density at radius 3 is 2.94 bits per heavy atom. The maximum absolute atomic E-state index is 11.0. The summed E-state index contributed by atoms with van der Waals surface area (Å²) in [6, 6.07) is -0.412. The molecule has 1 rings (SSSR count). The number of hydrogen-bond acceptors (Lipinski definition) is 3. The van der Waals surface area contributed by atoms with E-state index in [0.29, 0.717) is 13.0 Å². The Kier molecular flexibility index (Phi) is 6.42. The van der Waals surface area contributed by atoms with Gasteiger partial charge in [-0.1, -0.05) is 19.8 Å². The van der Waals surface area contributed by atoms with E-state index in [0.717, 1.165) is 32.3 Å². The van der Waals surface area contributed by atoms with Gasteiger partial charge in [-0.15, -0.1) is 0 Å². The quantitative estimate of drug-likeness (QED) is 0.698.